The molecule has 0 spiro atoms. The fourth-order valence-electron chi connectivity index (χ4n) is 5.12. The minimum absolute atomic E-state index is 0.0237. The van der Waals surface area contributed by atoms with Gasteiger partial charge in [-0.2, -0.15) is 13.2 Å². The molecule has 2 aromatic heterocycles. The summed E-state index contributed by atoms with van der Waals surface area (Å²) < 4.78 is 68.2. The van der Waals surface area contributed by atoms with E-state index in [2.05, 4.69) is 26.7 Å². The molecule has 6 rings (SSSR count). The van der Waals surface area contributed by atoms with Crippen LogP contribution >= 0.6 is 11.3 Å². The summed E-state index contributed by atoms with van der Waals surface area (Å²) >= 11 is 0.736. The molecule has 1 aromatic carbocycles. The topological polar surface area (TPSA) is 104 Å². The average molecular weight is 578 g/mol. The van der Waals surface area contributed by atoms with Crippen molar-refractivity contribution in [3.05, 3.63) is 51.5 Å². The molecule has 13 heteroatoms. The fraction of sp³-hybridized carbons (Fsp3) is 0.423. The van der Waals surface area contributed by atoms with E-state index in [9.17, 15) is 26.4 Å². The van der Waals surface area contributed by atoms with Crippen LogP contribution in [0.2, 0.25) is 0 Å². The fourth-order valence-corrected chi connectivity index (χ4v) is 8.03. The molecule has 1 fully saturated rings. The van der Waals surface area contributed by atoms with Crippen LogP contribution in [0.3, 0.4) is 0 Å². The zero-order chi connectivity index (χ0) is 27.5. The standard InChI is InChI=1S/C26H26F3N5O3S2/c1-2-14-9-15-5-6-30-12-16(15)10-19(14)32-25-31-13-18(26(27,28)29)22(33-25)20-11-21-23(38-20)24(35)34(17-3-4-17)7-8-39(21,36)37/h9-11,13,17,30H,2-8,12H2,1H3,(H,31,32,33). The number of aromatic nitrogens is 2. The van der Waals surface area contributed by atoms with Crippen LogP contribution in [0, 0.1) is 0 Å². The predicted molar refractivity (Wildman–Crippen MR) is 141 cm³/mol. The lowest BCUT2D eigenvalue weighted by atomic mass is 9.96. The summed E-state index contributed by atoms with van der Waals surface area (Å²) in [6.45, 7) is 3.64. The first kappa shape index (κ1) is 26.2. The van der Waals surface area contributed by atoms with Crippen LogP contribution in [-0.4, -0.2) is 54.1 Å². The second-order valence-electron chi connectivity index (χ2n) is 9.99. The van der Waals surface area contributed by atoms with Crippen molar-refractivity contribution in [3.63, 3.8) is 0 Å². The summed E-state index contributed by atoms with van der Waals surface area (Å²) in [5, 5.41) is 6.40. The Labute approximate surface area is 227 Å². The maximum Gasteiger partial charge on any atom is 0.420 e. The van der Waals surface area contributed by atoms with Crippen LogP contribution < -0.4 is 10.6 Å². The summed E-state index contributed by atoms with van der Waals surface area (Å²) in [7, 11) is -3.86. The number of benzene rings is 1. The Morgan fingerprint density at radius 3 is 2.72 bits per heavy atom. The number of fused-ring (bicyclic) bond motifs is 2. The highest BCUT2D eigenvalue weighted by Crippen LogP contribution is 2.43. The zero-order valence-electron chi connectivity index (χ0n) is 21.1. The van der Waals surface area contributed by atoms with E-state index in [1.165, 1.54) is 10.5 Å². The smallest absolute Gasteiger partial charge is 0.334 e. The molecule has 39 heavy (non-hydrogen) atoms. The molecule has 0 radical (unpaired) electrons. The number of rotatable bonds is 5. The van der Waals surface area contributed by atoms with Gasteiger partial charge in [-0.25, -0.2) is 18.4 Å². The first-order chi connectivity index (χ1) is 18.5. The molecule has 0 unspecified atom stereocenters. The van der Waals surface area contributed by atoms with Gasteiger partial charge >= 0.3 is 6.18 Å². The monoisotopic (exact) mass is 577 g/mol. The van der Waals surface area contributed by atoms with E-state index in [4.69, 9.17) is 0 Å². The number of carbonyl (C=O) groups is 1. The van der Waals surface area contributed by atoms with E-state index >= 15 is 0 Å². The number of amides is 1. The van der Waals surface area contributed by atoms with Crippen molar-refractivity contribution in [2.75, 3.05) is 24.2 Å². The number of hydrogen-bond acceptors (Lipinski definition) is 8. The van der Waals surface area contributed by atoms with Crippen LogP contribution in [-0.2, 0) is 35.4 Å². The normalized spacial score (nSPS) is 18.9. The van der Waals surface area contributed by atoms with Crippen LogP contribution in [0.25, 0.3) is 10.6 Å². The number of anilines is 2. The van der Waals surface area contributed by atoms with E-state index in [0.29, 0.717) is 24.8 Å². The molecule has 2 N–H and O–H groups in total. The lowest BCUT2D eigenvalue weighted by Crippen LogP contribution is -2.34. The van der Waals surface area contributed by atoms with Crippen molar-refractivity contribution in [3.8, 4) is 10.6 Å². The largest absolute Gasteiger partial charge is 0.420 e. The van der Waals surface area contributed by atoms with Gasteiger partial charge in [0.25, 0.3) is 5.91 Å². The minimum Gasteiger partial charge on any atom is -0.334 e. The Morgan fingerprint density at radius 1 is 1.21 bits per heavy atom. The third kappa shape index (κ3) is 4.91. The van der Waals surface area contributed by atoms with Crippen molar-refractivity contribution < 1.29 is 26.4 Å². The van der Waals surface area contributed by atoms with Crippen molar-refractivity contribution in [1.82, 2.24) is 20.2 Å². The van der Waals surface area contributed by atoms with Crippen molar-refractivity contribution >= 4 is 38.7 Å². The van der Waals surface area contributed by atoms with Gasteiger partial charge in [-0.15, -0.1) is 11.3 Å². The number of thiophene rings is 1. The summed E-state index contributed by atoms with van der Waals surface area (Å²) in [6.07, 6.45) is -0.912. The average Bonchev–Trinajstić information content (AvgIpc) is 3.64. The number of hydrogen-bond donors (Lipinski definition) is 2. The minimum atomic E-state index is -4.79. The van der Waals surface area contributed by atoms with Gasteiger partial charge in [0, 0.05) is 31.0 Å². The Morgan fingerprint density at radius 2 is 2.00 bits per heavy atom. The van der Waals surface area contributed by atoms with E-state index in [1.807, 2.05) is 13.0 Å². The summed E-state index contributed by atoms with van der Waals surface area (Å²) in [6, 6.07) is 5.20. The summed E-state index contributed by atoms with van der Waals surface area (Å²) in [5.74, 6) is -0.775. The molecule has 0 saturated heterocycles. The van der Waals surface area contributed by atoms with Crippen molar-refractivity contribution in [2.45, 2.75) is 56.3 Å². The second kappa shape index (κ2) is 9.56. The Balaban J connectivity index is 1.44. The molecular weight excluding hydrogens is 551 g/mol. The SMILES string of the molecule is CCc1cc2c(cc1Nc1ncc(C(F)(F)F)c(-c3cc4c(s3)C(=O)N(C3CC3)CCS4(=O)=O)n1)CNCC2. The Bertz CT molecular complexity index is 1580. The number of nitrogens with zero attached hydrogens (tertiary/aromatic N) is 3. The molecule has 1 aliphatic carbocycles. The highest BCUT2D eigenvalue weighted by molar-refractivity contribution is 7.91. The molecular formula is C26H26F3N5O3S2. The third-order valence-corrected chi connectivity index (χ3v) is 10.3. The Kier molecular flexibility index (Phi) is 6.42. The molecule has 3 aromatic rings. The summed E-state index contributed by atoms with van der Waals surface area (Å²) in [5.41, 5.74) is 2.46. The number of alkyl halides is 3. The molecule has 4 heterocycles. The van der Waals surface area contributed by atoms with Gasteiger partial charge in [-0.1, -0.05) is 13.0 Å². The van der Waals surface area contributed by atoms with Gasteiger partial charge in [-0.3, -0.25) is 4.79 Å². The van der Waals surface area contributed by atoms with Crippen LogP contribution in [0.1, 0.15) is 51.7 Å². The molecule has 0 bridgehead atoms. The summed E-state index contributed by atoms with van der Waals surface area (Å²) in [4.78, 5) is 22.6. The number of carbonyl (C=O) groups excluding carboxylic acids is 1. The molecule has 2 aliphatic heterocycles. The van der Waals surface area contributed by atoms with Gasteiger partial charge in [0.15, 0.2) is 9.84 Å². The van der Waals surface area contributed by atoms with Crippen LogP contribution in [0.5, 0.6) is 0 Å². The third-order valence-electron chi connectivity index (χ3n) is 7.34. The van der Waals surface area contributed by atoms with E-state index in [-0.39, 0.29) is 38.9 Å². The highest BCUT2D eigenvalue weighted by Gasteiger charge is 2.41. The maximum atomic E-state index is 14.1. The first-order valence-electron chi connectivity index (χ1n) is 12.8. The quantitative estimate of drug-likeness (QED) is 0.458. The van der Waals surface area contributed by atoms with Gasteiger partial charge in [0.1, 0.15) is 10.4 Å². The number of nitrogens with one attached hydrogen (secondary N) is 2. The molecule has 8 nitrogen and oxygen atoms in total. The first-order valence-corrected chi connectivity index (χ1v) is 15.3. The van der Waals surface area contributed by atoms with Crippen molar-refractivity contribution in [1.29, 1.82) is 0 Å². The number of aryl methyl sites for hydroxylation is 1. The maximum absolute atomic E-state index is 14.1. The van der Waals surface area contributed by atoms with E-state index < -0.39 is 33.2 Å². The van der Waals surface area contributed by atoms with Crippen LogP contribution in [0.4, 0.5) is 24.8 Å². The highest BCUT2D eigenvalue weighted by atomic mass is 32.2. The number of halogens is 3. The zero-order valence-corrected chi connectivity index (χ0v) is 22.7. The van der Waals surface area contributed by atoms with Crippen LogP contribution in [0.15, 0.2) is 29.3 Å². The second-order valence-corrected chi connectivity index (χ2v) is 13.1. The lowest BCUT2D eigenvalue weighted by molar-refractivity contribution is -0.137. The Hall–Kier alpha value is -3.03. The number of sulfone groups is 1. The van der Waals surface area contributed by atoms with Gasteiger partial charge in [-0.05, 0) is 61.1 Å². The molecule has 1 saturated carbocycles. The molecule has 3 aliphatic rings. The predicted octanol–water partition coefficient (Wildman–Crippen LogP) is 4.57. The van der Waals surface area contributed by atoms with E-state index in [0.717, 1.165) is 54.3 Å². The molecule has 206 valence electrons. The van der Waals surface area contributed by atoms with E-state index in [1.54, 1.807) is 0 Å². The van der Waals surface area contributed by atoms with Gasteiger partial charge < -0.3 is 15.5 Å². The lowest BCUT2D eigenvalue weighted by Gasteiger charge is -2.21. The van der Waals surface area contributed by atoms with Gasteiger partial charge in [0.05, 0.1) is 21.2 Å². The molecule has 0 atom stereocenters. The van der Waals surface area contributed by atoms with Crippen molar-refractivity contribution in [2.24, 2.45) is 0 Å². The molecule has 1 amide bonds. The van der Waals surface area contributed by atoms with Gasteiger partial charge in [0.2, 0.25) is 5.95 Å².